The second-order valence-corrected chi connectivity index (χ2v) is 8.90. The van der Waals surface area contributed by atoms with Crippen molar-refractivity contribution in [3.05, 3.63) is 30.5 Å². The molecule has 1 aromatic carbocycles. The maximum atomic E-state index is 11.8. The Kier molecular flexibility index (Phi) is 5.69. The molecule has 1 amide bonds. The molecule has 29 heavy (non-hydrogen) atoms. The number of nitriles is 1. The number of carbonyl (C=O) groups is 1. The largest absolute Gasteiger partial charge is 0.369 e. The minimum atomic E-state index is -0.273. The van der Waals surface area contributed by atoms with Crippen LogP contribution in [0.5, 0.6) is 0 Å². The predicted octanol–water partition coefficient (Wildman–Crippen LogP) is 2.16. The highest BCUT2D eigenvalue weighted by atomic mass is 32.1. The van der Waals surface area contributed by atoms with Crippen LogP contribution >= 0.6 is 11.3 Å². The predicted molar refractivity (Wildman–Crippen MR) is 116 cm³/mol. The first-order valence-corrected chi connectivity index (χ1v) is 10.8. The van der Waals surface area contributed by atoms with E-state index in [1.807, 2.05) is 6.20 Å². The van der Waals surface area contributed by atoms with Crippen LogP contribution in [-0.2, 0) is 4.79 Å². The van der Waals surface area contributed by atoms with Gasteiger partial charge in [0.1, 0.15) is 6.04 Å². The van der Waals surface area contributed by atoms with Crippen molar-refractivity contribution in [2.75, 3.05) is 49.1 Å². The molecule has 2 N–H and O–H groups in total. The van der Waals surface area contributed by atoms with Gasteiger partial charge in [-0.1, -0.05) is 30.4 Å². The van der Waals surface area contributed by atoms with E-state index in [-0.39, 0.29) is 11.9 Å². The fourth-order valence-corrected chi connectivity index (χ4v) is 5.14. The first kappa shape index (κ1) is 19.7. The van der Waals surface area contributed by atoms with Crippen molar-refractivity contribution in [2.24, 2.45) is 11.7 Å². The molecule has 1 aromatic heterocycles. The Labute approximate surface area is 175 Å². The van der Waals surface area contributed by atoms with Crippen LogP contribution in [0.25, 0.3) is 10.4 Å². The summed E-state index contributed by atoms with van der Waals surface area (Å²) in [7, 11) is 0. The van der Waals surface area contributed by atoms with Crippen LogP contribution in [0.1, 0.15) is 13.3 Å². The molecule has 0 radical (unpaired) electrons. The Morgan fingerprint density at radius 2 is 2.00 bits per heavy atom. The number of aromatic nitrogens is 1. The van der Waals surface area contributed by atoms with Crippen molar-refractivity contribution in [3.63, 3.8) is 0 Å². The van der Waals surface area contributed by atoms with Crippen LogP contribution in [0.2, 0.25) is 0 Å². The number of amides is 1. The fourth-order valence-electron chi connectivity index (χ4n) is 4.16. The van der Waals surface area contributed by atoms with Crippen molar-refractivity contribution in [3.8, 4) is 16.5 Å². The smallest absolute Gasteiger partial charge is 0.240 e. The number of carbonyl (C=O) groups excluding carboxylic acids is 1. The van der Waals surface area contributed by atoms with E-state index in [0.29, 0.717) is 12.5 Å². The van der Waals surface area contributed by atoms with E-state index in [4.69, 9.17) is 11.0 Å². The molecular formula is C21H26N6OS. The van der Waals surface area contributed by atoms with Crippen molar-refractivity contribution in [1.29, 1.82) is 5.26 Å². The molecule has 8 heteroatoms. The Morgan fingerprint density at radius 1 is 1.28 bits per heavy atom. The standard InChI is InChI=1S/C21H26N6OS/c1-15-12-18(20(23)28)27(14-15)21-24-13-19(29-21)16-2-4-17(5-3-16)26-10-8-25(7-6-22)9-11-26/h2-5,13,15,18H,7-12,14H2,1H3,(H2,23,28)/t15-,18-/m0/s1. The maximum Gasteiger partial charge on any atom is 0.240 e. The Morgan fingerprint density at radius 3 is 2.66 bits per heavy atom. The molecule has 0 unspecified atom stereocenters. The van der Waals surface area contributed by atoms with E-state index in [1.54, 1.807) is 11.3 Å². The molecule has 152 valence electrons. The summed E-state index contributed by atoms with van der Waals surface area (Å²) in [6.07, 6.45) is 2.68. The van der Waals surface area contributed by atoms with E-state index in [2.05, 4.69) is 56.9 Å². The van der Waals surface area contributed by atoms with Crippen molar-refractivity contribution < 1.29 is 4.79 Å². The summed E-state index contributed by atoms with van der Waals surface area (Å²) >= 11 is 1.61. The van der Waals surface area contributed by atoms with Gasteiger partial charge in [0.15, 0.2) is 5.13 Å². The number of thiazole rings is 1. The minimum absolute atomic E-state index is 0.258. The summed E-state index contributed by atoms with van der Waals surface area (Å²) < 4.78 is 0. The first-order chi connectivity index (χ1) is 14.0. The lowest BCUT2D eigenvalue weighted by Gasteiger charge is -2.35. The molecule has 4 rings (SSSR count). The zero-order chi connectivity index (χ0) is 20.4. The Bertz CT molecular complexity index is 897. The van der Waals surface area contributed by atoms with Gasteiger partial charge in [-0.15, -0.1) is 0 Å². The third kappa shape index (κ3) is 4.21. The van der Waals surface area contributed by atoms with Crippen molar-refractivity contribution >= 4 is 28.1 Å². The highest BCUT2D eigenvalue weighted by Crippen LogP contribution is 2.36. The van der Waals surface area contributed by atoms with Gasteiger partial charge in [0.2, 0.25) is 5.91 Å². The summed E-state index contributed by atoms with van der Waals surface area (Å²) in [5, 5.41) is 9.70. The minimum Gasteiger partial charge on any atom is -0.369 e. The number of rotatable bonds is 5. The van der Waals surface area contributed by atoms with Gasteiger partial charge in [-0.2, -0.15) is 5.26 Å². The molecule has 0 spiro atoms. The molecule has 7 nitrogen and oxygen atoms in total. The topological polar surface area (TPSA) is 89.5 Å². The number of anilines is 2. The lowest BCUT2D eigenvalue weighted by Crippen LogP contribution is -2.46. The van der Waals surface area contributed by atoms with E-state index >= 15 is 0 Å². The molecule has 2 aliphatic rings. The Hall–Kier alpha value is -2.63. The molecule has 2 aliphatic heterocycles. The third-order valence-electron chi connectivity index (χ3n) is 5.76. The molecule has 2 fully saturated rings. The molecule has 2 saturated heterocycles. The summed E-state index contributed by atoms with van der Waals surface area (Å²) in [5.74, 6) is 0.165. The zero-order valence-corrected chi connectivity index (χ0v) is 17.4. The molecule has 0 aliphatic carbocycles. The number of benzene rings is 1. The fraction of sp³-hybridized carbons (Fsp3) is 0.476. The van der Waals surface area contributed by atoms with Gasteiger partial charge in [0.05, 0.1) is 17.5 Å². The van der Waals surface area contributed by atoms with E-state index in [9.17, 15) is 4.79 Å². The molecule has 0 bridgehead atoms. The summed E-state index contributed by atoms with van der Waals surface area (Å²) in [6.45, 7) is 7.18. The number of nitrogens with two attached hydrogens (primary N) is 1. The summed E-state index contributed by atoms with van der Waals surface area (Å²) in [6, 6.07) is 10.5. The number of hydrogen-bond donors (Lipinski definition) is 1. The molecular weight excluding hydrogens is 384 g/mol. The van der Waals surface area contributed by atoms with E-state index in [0.717, 1.165) is 54.7 Å². The second-order valence-electron chi connectivity index (χ2n) is 7.89. The van der Waals surface area contributed by atoms with Crippen molar-refractivity contribution in [2.45, 2.75) is 19.4 Å². The van der Waals surface area contributed by atoms with Gasteiger partial charge in [0.25, 0.3) is 0 Å². The zero-order valence-electron chi connectivity index (χ0n) is 16.6. The number of primary amides is 1. The van der Waals surface area contributed by atoms with E-state index < -0.39 is 0 Å². The average molecular weight is 411 g/mol. The van der Waals surface area contributed by atoms with Gasteiger partial charge in [0, 0.05) is 44.6 Å². The van der Waals surface area contributed by atoms with Crippen LogP contribution in [0.3, 0.4) is 0 Å². The Balaban J connectivity index is 1.44. The number of piperazine rings is 1. The van der Waals surface area contributed by atoms with Gasteiger partial charge in [-0.25, -0.2) is 4.98 Å². The summed E-state index contributed by atoms with van der Waals surface area (Å²) in [5.41, 5.74) is 7.93. The van der Waals surface area contributed by atoms with Crippen LogP contribution in [-0.4, -0.2) is 61.1 Å². The second kappa shape index (κ2) is 8.39. The first-order valence-electron chi connectivity index (χ1n) is 10.0. The maximum absolute atomic E-state index is 11.8. The van der Waals surface area contributed by atoms with Gasteiger partial charge in [-0.3, -0.25) is 9.69 Å². The number of nitrogens with zero attached hydrogens (tertiary/aromatic N) is 5. The monoisotopic (exact) mass is 410 g/mol. The van der Waals surface area contributed by atoms with Crippen LogP contribution < -0.4 is 15.5 Å². The third-order valence-corrected chi connectivity index (χ3v) is 6.84. The highest BCUT2D eigenvalue weighted by molar-refractivity contribution is 7.18. The van der Waals surface area contributed by atoms with Gasteiger partial charge in [-0.05, 0) is 30.0 Å². The highest BCUT2D eigenvalue weighted by Gasteiger charge is 2.35. The van der Waals surface area contributed by atoms with Crippen LogP contribution in [0.15, 0.2) is 30.5 Å². The molecule has 3 heterocycles. The van der Waals surface area contributed by atoms with Crippen LogP contribution in [0.4, 0.5) is 10.8 Å². The average Bonchev–Trinajstić information content (AvgIpc) is 3.36. The van der Waals surface area contributed by atoms with Crippen molar-refractivity contribution in [1.82, 2.24) is 9.88 Å². The van der Waals surface area contributed by atoms with Gasteiger partial charge < -0.3 is 15.5 Å². The lowest BCUT2D eigenvalue weighted by molar-refractivity contribution is -0.119. The van der Waals surface area contributed by atoms with Gasteiger partial charge >= 0.3 is 0 Å². The van der Waals surface area contributed by atoms with Crippen LogP contribution in [0, 0.1) is 17.2 Å². The molecule has 0 saturated carbocycles. The SMILES string of the molecule is C[C@H]1C[C@@H](C(N)=O)N(c2ncc(-c3ccc(N4CCN(CC#N)CC4)cc3)s2)C1. The van der Waals surface area contributed by atoms with E-state index in [1.165, 1.54) is 5.69 Å². The summed E-state index contributed by atoms with van der Waals surface area (Å²) in [4.78, 5) is 24.0. The lowest BCUT2D eigenvalue weighted by atomic mass is 10.1. The molecule has 2 aromatic rings. The number of hydrogen-bond acceptors (Lipinski definition) is 7. The molecule has 2 atom stereocenters. The quantitative estimate of drug-likeness (QED) is 0.760. The normalized spacial score (nSPS) is 22.6.